The summed E-state index contributed by atoms with van der Waals surface area (Å²) in [6.07, 6.45) is -2.80. The molecule has 3 aromatic rings. The summed E-state index contributed by atoms with van der Waals surface area (Å²) in [5.41, 5.74) is 6.60. The van der Waals surface area contributed by atoms with E-state index < -0.39 is 11.7 Å². The Morgan fingerprint density at radius 1 is 1.12 bits per heavy atom. The minimum atomic E-state index is -4.40. The first kappa shape index (κ1) is 16.9. The van der Waals surface area contributed by atoms with E-state index in [2.05, 4.69) is 4.98 Å². The summed E-state index contributed by atoms with van der Waals surface area (Å²) in [5.74, 6) is 0.780. The van der Waals surface area contributed by atoms with Gasteiger partial charge in [0, 0.05) is 17.6 Å². The summed E-state index contributed by atoms with van der Waals surface area (Å²) in [6.45, 7) is -0.0474. The maximum atomic E-state index is 12.8. The first-order valence-electron chi connectivity index (χ1n) is 7.40. The summed E-state index contributed by atoms with van der Waals surface area (Å²) in [7, 11) is 1.47. The third-order valence-corrected chi connectivity index (χ3v) is 3.69. The van der Waals surface area contributed by atoms with Crippen molar-refractivity contribution in [1.29, 1.82) is 0 Å². The van der Waals surface area contributed by atoms with Crippen LogP contribution in [0, 0.1) is 0 Å². The second kappa shape index (κ2) is 6.51. The fraction of sp³-hybridized carbons (Fsp3) is 0.167. The minimum Gasteiger partial charge on any atom is -0.493 e. The molecule has 0 radical (unpaired) electrons. The fourth-order valence-electron chi connectivity index (χ4n) is 2.52. The Bertz CT molecular complexity index is 910. The molecule has 2 aromatic carbocycles. The zero-order valence-electron chi connectivity index (χ0n) is 13.3. The molecule has 0 aliphatic heterocycles. The number of ether oxygens (including phenoxy) is 2. The van der Waals surface area contributed by atoms with Gasteiger partial charge in [-0.15, -0.1) is 0 Å². The molecule has 0 aliphatic rings. The van der Waals surface area contributed by atoms with Gasteiger partial charge in [-0.1, -0.05) is 12.1 Å². The number of aromatic nitrogens is 1. The molecule has 0 aliphatic carbocycles. The van der Waals surface area contributed by atoms with Crippen molar-refractivity contribution in [3.63, 3.8) is 0 Å². The van der Waals surface area contributed by atoms with Gasteiger partial charge in [0.2, 0.25) is 0 Å². The number of nitrogens with zero attached hydrogens (tertiary/aromatic N) is 1. The average molecular weight is 348 g/mol. The summed E-state index contributed by atoms with van der Waals surface area (Å²) < 4.78 is 49.5. The average Bonchev–Trinajstić information content (AvgIpc) is 2.60. The van der Waals surface area contributed by atoms with Crippen LogP contribution in [0.3, 0.4) is 0 Å². The van der Waals surface area contributed by atoms with Crippen molar-refractivity contribution in [3.05, 3.63) is 59.8 Å². The molecule has 7 heteroatoms. The molecule has 0 atom stereocenters. The highest BCUT2D eigenvalue weighted by molar-refractivity contribution is 5.96. The minimum absolute atomic E-state index is 0.0474. The number of nitrogen functional groups attached to an aromatic ring is 1. The van der Waals surface area contributed by atoms with E-state index in [0.29, 0.717) is 33.7 Å². The Morgan fingerprint density at radius 2 is 1.92 bits per heavy atom. The topological polar surface area (TPSA) is 57.4 Å². The SMILES string of the molecule is COc1cc(N)c2ncccc2c1OCc1cccc(C(F)(F)F)c1. The van der Waals surface area contributed by atoms with E-state index in [1.54, 1.807) is 30.5 Å². The third kappa shape index (κ3) is 3.45. The van der Waals surface area contributed by atoms with Gasteiger partial charge in [-0.25, -0.2) is 0 Å². The molecule has 0 amide bonds. The van der Waals surface area contributed by atoms with Crippen molar-refractivity contribution in [1.82, 2.24) is 4.98 Å². The maximum Gasteiger partial charge on any atom is 0.416 e. The van der Waals surface area contributed by atoms with Crippen LogP contribution >= 0.6 is 0 Å². The monoisotopic (exact) mass is 348 g/mol. The lowest BCUT2D eigenvalue weighted by Crippen LogP contribution is -2.06. The first-order chi connectivity index (χ1) is 11.9. The molecule has 130 valence electrons. The fourth-order valence-corrected chi connectivity index (χ4v) is 2.52. The first-order valence-corrected chi connectivity index (χ1v) is 7.40. The Labute approximate surface area is 142 Å². The van der Waals surface area contributed by atoms with Crippen LogP contribution in [0.25, 0.3) is 10.9 Å². The molecule has 0 unspecified atom stereocenters. The number of fused-ring (bicyclic) bond motifs is 1. The van der Waals surface area contributed by atoms with E-state index in [1.165, 1.54) is 13.2 Å². The van der Waals surface area contributed by atoms with Gasteiger partial charge in [-0.2, -0.15) is 13.2 Å². The second-order valence-electron chi connectivity index (χ2n) is 5.38. The number of methoxy groups -OCH3 is 1. The molecule has 4 nitrogen and oxygen atoms in total. The van der Waals surface area contributed by atoms with Crippen LogP contribution in [0.4, 0.5) is 18.9 Å². The van der Waals surface area contributed by atoms with Gasteiger partial charge in [0.05, 0.1) is 23.9 Å². The van der Waals surface area contributed by atoms with Gasteiger partial charge in [-0.05, 0) is 29.8 Å². The van der Waals surface area contributed by atoms with E-state index in [0.717, 1.165) is 12.1 Å². The third-order valence-electron chi connectivity index (χ3n) is 3.69. The standard InChI is InChI=1S/C18H15F3N2O2/c1-24-15-9-14(22)16-13(6-3-7-23-16)17(15)25-10-11-4-2-5-12(8-11)18(19,20)21/h2-9H,10,22H2,1H3. The molecule has 3 rings (SSSR count). The molecule has 25 heavy (non-hydrogen) atoms. The smallest absolute Gasteiger partial charge is 0.416 e. The molecule has 0 saturated heterocycles. The van der Waals surface area contributed by atoms with Gasteiger partial charge in [0.1, 0.15) is 6.61 Å². The van der Waals surface area contributed by atoms with E-state index in [-0.39, 0.29) is 6.61 Å². The van der Waals surface area contributed by atoms with E-state index in [4.69, 9.17) is 15.2 Å². The van der Waals surface area contributed by atoms with Gasteiger partial charge >= 0.3 is 6.18 Å². The van der Waals surface area contributed by atoms with E-state index in [1.807, 2.05) is 0 Å². The molecular formula is C18H15F3N2O2. The maximum absolute atomic E-state index is 12.8. The number of anilines is 1. The lowest BCUT2D eigenvalue weighted by Gasteiger charge is -2.15. The van der Waals surface area contributed by atoms with Crippen LogP contribution in [0.1, 0.15) is 11.1 Å². The van der Waals surface area contributed by atoms with Crippen molar-refractivity contribution in [2.24, 2.45) is 0 Å². The van der Waals surface area contributed by atoms with Crippen LogP contribution in [0.15, 0.2) is 48.7 Å². The Hall–Kier alpha value is -2.96. The highest BCUT2D eigenvalue weighted by atomic mass is 19.4. The predicted octanol–water partition coefficient (Wildman–Crippen LogP) is 4.42. The van der Waals surface area contributed by atoms with Gasteiger partial charge in [0.25, 0.3) is 0 Å². The molecule has 0 fully saturated rings. The van der Waals surface area contributed by atoms with Crippen LogP contribution in [0.5, 0.6) is 11.5 Å². The number of nitrogens with two attached hydrogens (primary N) is 1. The molecule has 0 spiro atoms. The largest absolute Gasteiger partial charge is 0.493 e. The van der Waals surface area contributed by atoms with Crippen LogP contribution < -0.4 is 15.2 Å². The van der Waals surface area contributed by atoms with Crippen molar-refractivity contribution in [2.45, 2.75) is 12.8 Å². The normalized spacial score (nSPS) is 11.5. The zero-order chi connectivity index (χ0) is 18.0. The number of rotatable bonds is 4. The van der Waals surface area contributed by atoms with Crippen molar-refractivity contribution < 1.29 is 22.6 Å². The lowest BCUT2D eigenvalue weighted by atomic mass is 10.1. The van der Waals surface area contributed by atoms with Crippen LogP contribution in [-0.4, -0.2) is 12.1 Å². The predicted molar refractivity (Wildman–Crippen MR) is 88.5 cm³/mol. The summed E-state index contributed by atoms with van der Waals surface area (Å²) in [5, 5.41) is 0.631. The number of hydrogen-bond donors (Lipinski definition) is 1. The number of benzene rings is 2. The molecule has 1 aromatic heterocycles. The molecular weight excluding hydrogens is 333 g/mol. The Kier molecular flexibility index (Phi) is 4.39. The number of pyridine rings is 1. The zero-order valence-corrected chi connectivity index (χ0v) is 13.3. The molecule has 1 heterocycles. The van der Waals surface area contributed by atoms with Crippen molar-refractivity contribution >= 4 is 16.6 Å². The highest BCUT2D eigenvalue weighted by Gasteiger charge is 2.30. The quantitative estimate of drug-likeness (QED) is 0.709. The van der Waals surface area contributed by atoms with Gasteiger partial charge in [-0.3, -0.25) is 4.98 Å². The Morgan fingerprint density at radius 3 is 2.64 bits per heavy atom. The van der Waals surface area contributed by atoms with Crippen molar-refractivity contribution in [3.8, 4) is 11.5 Å². The lowest BCUT2D eigenvalue weighted by molar-refractivity contribution is -0.137. The molecule has 2 N–H and O–H groups in total. The number of alkyl halides is 3. The summed E-state index contributed by atoms with van der Waals surface area (Å²) in [4.78, 5) is 4.21. The summed E-state index contributed by atoms with van der Waals surface area (Å²) in [6, 6.07) is 10.1. The molecule has 0 saturated carbocycles. The van der Waals surface area contributed by atoms with Gasteiger partial charge < -0.3 is 15.2 Å². The number of halogens is 3. The Balaban J connectivity index is 1.95. The van der Waals surface area contributed by atoms with Crippen LogP contribution in [0.2, 0.25) is 0 Å². The number of hydrogen-bond acceptors (Lipinski definition) is 4. The highest BCUT2D eigenvalue weighted by Crippen LogP contribution is 2.39. The van der Waals surface area contributed by atoms with E-state index in [9.17, 15) is 13.2 Å². The van der Waals surface area contributed by atoms with Gasteiger partial charge in [0.15, 0.2) is 11.5 Å². The summed E-state index contributed by atoms with van der Waals surface area (Å²) >= 11 is 0. The van der Waals surface area contributed by atoms with E-state index >= 15 is 0 Å². The second-order valence-corrected chi connectivity index (χ2v) is 5.38. The van der Waals surface area contributed by atoms with Crippen molar-refractivity contribution in [2.75, 3.05) is 12.8 Å². The molecule has 0 bridgehead atoms. The van der Waals surface area contributed by atoms with Crippen LogP contribution in [-0.2, 0) is 12.8 Å².